The van der Waals surface area contributed by atoms with Crippen molar-refractivity contribution in [2.24, 2.45) is 0 Å². The Morgan fingerprint density at radius 1 is 1.20 bits per heavy atom. The number of benzene rings is 2. The molecule has 2 aromatic carbocycles. The van der Waals surface area contributed by atoms with Crippen molar-refractivity contribution in [3.05, 3.63) is 65.1 Å². The van der Waals surface area contributed by atoms with Crippen molar-refractivity contribution >= 4 is 50.1 Å². The normalized spacial score (nSPS) is 11.3. The summed E-state index contributed by atoms with van der Waals surface area (Å²) in [6.45, 7) is 0.362. The minimum Gasteiger partial charge on any atom is -0.489 e. The minimum absolute atomic E-state index is 0.0208. The van der Waals surface area contributed by atoms with Crippen LogP contribution >= 0.6 is 23.2 Å². The Morgan fingerprint density at radius 2 is 2.03 bits per heavy atom. The van der Waals surface area contributed by atoms with E-state index in [1.165, 1.54) is 6.20 Å². The topological polar surface area (TPSA) is 130 Å². The molecule has 0 aliphatic carbocycles. The number of ether oxygens (including phenoxy) is 2. The Kier molecular flexibility index (Phi) is 7.31. The lowest BCUT2D eigenvalue weighted by molar-refractivity contribution is 0.301. The van der Waals surface area contributed by atoms with Crippen LogP contribution in [0.2, 0.25) is 5.02 Å². The fourth-order valence-corrected chi connectivity index (χ4v) is 4.18. The monoisotopic (exact) mass is 531 g/mol. The molecule has 0 amide bonds. The van der Waals surface area contributed by atoms with Crippen LogP contribution in [0, 0.1) is 11.3 Å². The summed E-state index contributed by atoms with van der Waals surface area (Å²) >= 11 is 12.1. The number of hydrogen-bond acceptors (Lipinski definition) is 7. The number of hydrogen-bond donors (Lipinski definition) is 2. The molecule has 2 N–H and O–H groups in total. The summed E-state index contributed by atoms with van der Waals surface area (Å²) in [6, 6.07) is 12.8. The number of rotatable bonds is 9. The maximum atomic E-state index is 11.4. The average Bonchev–Trinajstić information content (AvgIpc) is 3.24. The highest BCUT2D eigenvalue weighted by atomic mass is 35.5. The first kappa shape index (κ1) is 24.6. The number of H-pyrrole nitrogens is 1. The molecule has 0 bridgehead atoms. The van der Waals surface area contributed by atoms with Crippen LogP contribution in [-0.2, 0) is 16.6 Å². The third-order valence-electron chi connectivity index (χ3n) is 4.83. The van der Waals surface area contributed by atoms with Crippen molar-refractivity contribution in [2.75, 3.05) is 23.5 Å². The lowest BCUT2D eigenvalue weighted by atomic mass is 10.0. The zero-order chi connectivity index (χ0) is 25.0. The van der Waals surface area contributed by atoms with Gasteiger partial charge in [-0.2, -0.15) is 5.26 Å². The Morgan fingerprint density at radius 3 is 2.77 bits per heavy atom. The smallest absolute Gasteiger partial charge is 0.236 e. The quantitative estimate of drug-likeness (QED) is 0.299. The van der Waals surface area contributed by atoms with E-state index >= 15 is 0 Å². The Hall–Kier alpha value is -3.52. The Bertz CT molecular complexity index is 1530. The molecule has 0 radical (unpaired) electrons. The second kappa shape index (κ2) is 10.4. The summed E-state index contributed by atoms with van der Waals surface area (Å²) in [5.74, 6) is 1.16. The molecular weight excluding hydrogens is 513 g/mol. The molecule has 35 heavy (non-hydrogen) atoms. The predicted octanol–water partition coefficient (Wildman–Crippen LogP) is 4.72. The van der Waals surface area contributed by atoms with Gasteiger partial charge in [0, 0.05) is 34.9 Å². The highest BCUT2D eigenvalue weighted by Crippen LogP contribution is 2.37. The van der Waals surface area contributed by atoms with Crippen molar-refractivity contribution in [3.63, 3.8) is 0 Å². The van der Waals surface area contributed by atoms with Gasteiger partial charge in [-0.25, -0.2) is 18.4 Å². The largest absolute Gasteiger partial charge is 0.489 e. The molecule has 0 saturated heterocycles. The number of aromatic amines is 1. The molecule has 9 nitrogen and oxygen atoms in total. The molecule has 4 rings (SSSR count). The Balaban J connectivity index is 1.55. The fourth-order valence-electron chi connectivity index (χ4n) is 3.40. The molecule has 0 atom stereocenters. The van der Waals surface area contributed by atoms with Gasteiger partial charge in [0.2, 0.25) is 16.0 Å². The first-order valence-electron chi connectivity index (χ1n) is 10.2. The molecular formula is C23H19Cl2N5O4S. The van der Waals surface area contributed by atoms with Gasteiger partial charge in [0.05, 0.1) is 28.4 Å². The lowest BCUT2D eigenvalue weighted by Gasteiger charge is -2.11. The summed E-state index contributed by atoms with van der Waals surface area (Å²) < 4.78 is 36.3. The highest BCUT2D eigenvalue weighted by Gasteiger charge is 2.15. The average molecular weight is 532 g/mol. The molecule has 0 unspecified atom stereocenters. The molecule has 0 aliphatic rings. The summed E-state index contributed by atoms with van der Waals surface area (Å²) in [5.41, 5.74) is 3.27. The first-order valence-corrected chi connectivity index (χ1v) is 13.0. The van der Waals surface area contributed by atoms with Crippen molar-refractivity contribution < 1.29 is 17.9 Å². The second-order valence-electron chi connectivity index (χ2n) is 7.43. The van der Waals surface area contributed by atoms with Crippen molar-refractivity contribution in [3.8, 4) is 28.7 Å². The van der Waals surface area contributed by atoms with E-state index in [9.17, 15) is 13.7 Å². The molecule has 0 aliphatic heterocycles. The van der Waals surface area contributed by atoms with Crippen LogP contribution in [0.1, 0.15) is 11.3 Å². The van der Waals surface area contributed by atoms with Gasteiger partial charge in [0.25, 0.3) is 0 Å². The second-order valence-corrected chi connectivity index (χ2v) is 9.96. The van der Waals surface area contributed by atoms with Gasteiger partial charge in [0.15, 0.2) is 5.75 Å². The van der Waals surface area contributed by atoms with Crippen LogP contribution in [0.4, 0.5) is 5.95 Å². The van der Waals surface area contributed by atoms with E-state index in [2.05, 4.69) is 25.7 Å². The van der Waals surface area contributed by atoms with Gasteiger partial charge >= 0.3 is 0 Å². The lowest BCUT2D eigenvalue weighted by Crippen LogP contribution is -2.13. The summed E-state index contributed by atoms with van der Waals surface area (Å²) in [4.78, 5) is 11.2. The fraction of sp³-hybridized carbons (Fsp3) is 0.174. The minimum atomic E-state index is -3.48. The van der Waals surface area contributed by atoms with Gasteiger partial charge in [-0.1, -0.05) is 11.6 Å². The number of aromatic nitrogens is 3. The molecule has 0 saturated carbocycles. The number of fused-ring (bicyclic) bond motifs is 1. The van der Waals surface area contributed by atoms with Crippen LogP contribution < -0.4 is 14.2 Å². The Labute approximate surface area is 211 Å². The zero-order valence-corrected chi connectivity index (χ0v) is 20.7. The van der Waals surface area contributed by atoms with E-state index in [1.807, 2.05) is 18.3 Å². The zero-order valence-electron chi connectivity index (χ0n) is 18.4. The van der Waals surface area contributed by atoms with Gasteiger partial charge in [0.1, 0.15) is 25.0 Å². The maximum Gasteiger partial charge on any atom is 0.236 e. The van der Waals surface area contributed by atoms with Crippen LogP contribution in [0.15, 0.2) is 48.8 Å². The molecule has 0 spiro atoms. The summed E-state index contributed by atoms with van der Waals surface area (Å²) in [5, 5.41) is 10.8. The van der Waals surface area contributed by atoms with E-state index in [0.29, 0.717) is 27.8 Å². The summed E-state index contributed by atoms with van der Waals surface area (Å²) in [7, 11) is -3.48. The third-order valence-corrected chi connectivity index (χ3v) is 5.82. The van der Waals surface area contributed by atoms with E-state index in [0.717, 1.165) is 28.3 Å². The van der Waals surface area contributed by atoms with E-state index in [1.54, 1.807) is 24.3 Å². The first-order chi connectivity index (χ1) is 16.8. The van der Waals surface area contributed by atoms with Crippen LogP contribution in [0.5, 0.6) is 11.5 Å². The molecule has 180 valence electrons. The van der Waals surface area contributed by atoms with Crippen LogP contribution in [-0.4, -0.2) is 42.1 Å². The van der Waals surface area contributed by atoms with Crippen LogP contribution in [0.25, 0.3) is 22.0 Å². The molecule has 4 aromatic rings. The number of anilines is 1. The van der Waals surface area contributed by atoms with E-state index < -0.39 is 10.0 Å². The molecule has 12 heteroatoms. The van der Waals surface area contributed by atoms with Crippen LogP contribution in [0.3, 0.4) is 0 Å². The summed E-state index contributed by atoms with van der Waals surface area (Å²) in [6.07, 6.45) is 4.30. The van der Waals surface area contributed by atoms with Gasteiger partial charge in [-0.15, -0.1) is 11.6 Å². The number of alkyl halides is 1. The van der Waals surface area contributed by atoms with Gasteiger partial charge in [-0.3, -0.25) is 4.72 Å². The van der Waals surface area contributed by atoms with E-state index in [-0.39, 0.29) is 25.0 Å². The molecule has 2 heterocycles. The van der Waals surface area contributed by atoms with Crippen molar-refractivity contribution in [2.45, 2.75) is 6.61 Å². The number of halogens is 2. The van der Waals surface area contributed by atoms with Gasteiger partial charge in [-0.05, 0) is 35.9 Å². The van der Waals surface area contributed by atoms with Gasteiger partial charge < -0.3 is 14.5 Å². The van der Waals surface area contributed by atoms with Crippen molar-refractivity contribution in [1.82, 2.24) is 15.0 Å². The standard InChI is InChI=1S/C23H19Cl2N5O4S/c1-35(31,32)30-23-27-6-4-16(29-23)13-34-17-2-3-18-19(12-28-21(18)10-17)14-8-15(11-26)22(20(25)9-14)33-7-5-24/h2-4,6,8-10,12,28H,5,7,13H2,1H3,(H,27,29,30). The molecule has 0 fully saturated rings. The number of nitrogens with zero attached hydrogens (tertiary/aromatic N) is 3. The maximum absolute atomic E-state index is 11.4. The molecule has 2 aromatic heterocycles. The van der Waals surface area contributed by atoms with E-state index in [4.69, 9.17) is 32.7 Å². The highest BCUT2D eigenvalue weighted by molar-refractivity contribution is 7.91. The number of nitrogens with one attached hydrogen (secondary N) is 2. The third kappa shape index (κ3) is 5.95. The SMILES string of the molecule is CS(=O)(=O)Nc1nccc(COc2ccc3c(-c4cc(Cl)c(OCCCl)c(C#N)c4)c[nH]c3c2)n1. The number of sulfonamides is 1. The van der Waals surface area contributed by atoms with Crippen molar-refractivity contribution in [1.29, 1.82) is 5.26 Å². The number of nitriles is 1. The predicted molar refractivity (Wildman–Crippen MR) is 135 cm³/mol.